The van der Waals surface area contributed by atoms with Gasteiger partial charge < -0.3 is 19.5 Å². The Labute approximate surface area is 171 Å². The van der Waals surface area contributed by atoms with E-state index in [1.807, 2.05) is 24.3 Å². The monoisotopic (exact) mass is 399 g/mol. The largest absolute Gasteiger partial charge is 0.376 e. The van der Waals surface area contributed by atoms with Crippen molar-refractivity contribution in [3.63, 3.8) is 0 Å². The molecule has 1 aliphatic rings. The number of aryl methyl sites for hydroxylation is 2. The van der Waals surface area contributed by atoms with Crippen LogP contribution in [-0.4, -0.2) is 47.7 Å². The molecule has 7 nitrogen and oxygen atoms in total. The van der Waals surface area contributed by atoms with Crippen LogP contribution in [-0.2, 0) is 16.0 Å². The summed E-state index contributed by atoms with van der Waals surface area (Å²) in [6.07, 6.45) is 5.10. The third-order valence-corrected chi connectivity index (χ3v) is 4.99. The van der Waals surface area contributed by atoms with E-state index in [2.05, 4.69) is 17.4 Å². The van der Waals surface area contributed by atoms with Crippen LogP contribution in [0.4, 0.5) is 5.82 Å². The minimum Gasteiger partial charge on any atom is -0.376 e. The second kappa shape index (κ2) is 10.2. The number of nitrogens with one attached hydrogen (secondary N) is 1. The molecule has 1 aromatic carbocycles. The van der Waals surface area contributed by atoms with Gasteiger partial charge >= 0.3 is 0 Å². The van der Waals surface area contributed by atoms with Gasteiger partial charge in [-0.2, -0.15) is 0 Å². The highest BCUT2D eigenvalue weighted by molar-refractivity contribution is 5.99. The van der Waals surface area contributed by atoms with Gasteiger partial charge in [0, 0.05) is 24.8 Å². The Morgan fingerprint density at radius 1 is 1.28 bits per heavy atom. The summed E-state index contributed by atoms with van der Waals surface area (Å²) in [4.78, 5) is 27.1. The fourth-order valence-corrected chi connectivity index (χ4v) is 3.41. The minimum absolute atomic E-state index is 0.0372. The highest BCUT2D eigenvalue weighted by atomic mass is 16.5. The molecule has 0 bridgehead atoms. The molecule has 1 N–H and O–H groups in total. The molecule has 1 saturated heterocycles. The van der Waals surface area contributed by atoms with Gasteiger partial charge in [-0.25, -0.2) is 0 Å². The third kappa shape index (κ3) is 6.15. The van der Waals surface area contributed by atoms with Gasteiger partial charge in [-0.3, -0.25) is 9.59 Å². The van der Waals surface area contributed by atoms with Gasteiger partial charge in [-0.15, -0.1) is 0 Å². The normalized spacial score (nSPS) is 16.0. The molecule has 2 aromatic rings. The summed E-state index contributed by atoms with van der Waals surface area (Å²) in [5.74, 6) is 0.464. The van der Waals surface area contributed by atoms with Gasteiger partial charge in [0.25, 0.3) is 5.91 Å². The zero-order valence-electron chi connectivity index (χ0n) is 17.1. The van der Waals surface area contributed by atoms with E-state index in [4.69, 9.17) is 9.26 Å². The first-order valence-electron chi connectivity index (χ1n) is 10.3. The average Bonchev–Trinajstić information content (AvgIpc) is 3.37. The van der Waals surface area contributed by atoms with Crippen LogP contribution in [0.2, 0.25) is 0 Å². The van der Waals surface area contributed by atoms with Gasteiger partial charge in [0.2, 0.25) is 5.91 Å². The fourth-order valence-electron chi connectivity index (χ4n) is 3.41. The number of aromatic nitrogens is 1. The number of amides is 2. The summed E-state index contributed by atoms with van der Waals surface area (Å²) in [6, 6.07) is 9.30. The summed E-state index contributed by atoms with van der Waals surface area (Å²) in [6.45, 7) is 4.93. The van der Waals surface area contributed by atoms with E-state index in [1.165, 1.54) is 5.56 Å². The predicted molar refractivity (Wildman–Crippen MR) is 110 cm³/mol. The van der Waals surface area contributed by atoms with Crippen molar-refractivity contribution >= 4 is 17.6 Å². The van der Waals surface area contributed by atoms with E-state index in [-0.39, 0.29) is 24.5 Å². The number of hydrogen-bond acceptors (Lipinski definition) is 5. The van der Waals surface area contributed by atoms with E-state index < -0.39 is 0 Å². The van der Waals surface area contributed by atoms with Crippen molar-refractivity contribution in [2.24, 2.45) is 0 Å². The predicted octanol–water partition coefficient (Wildman–Crippen LogP) is 3.59. The first-order valence-corrected chi connectivity index (χ1v) is 10.3. The second-order valence-corrected chi connectivity index (χ2v) is 7.49. The minimum atomic E-state index is -0.316. The molecule has 156 valence electrons. The fraction of sp³-hybridized carbons (Fsp3) is 0.500. The van der Waals surface area contributed by atoms with Crippen molar-refractivity contribution < 1.29 is 18.8 Å². The van der Waals surface area contributed by atoms with Gasteiger partial charge in [-0.1, -0.05) is 30.6 Å². The van der Waals surface area contributed by atoms with E-state index in [9.17, 15) is 9.59 Å². The van der Waals surface area contributed by atoms with Crippen LogP contribution in [0.3, 0.4) is 0 Å². The Balaban J connectivity index is 1.67. The molecule has 2 amide bonds. The molecule has 1 fully saturated rings. The molecule has 3 rings (SSSR count). The molecule has 2 heterocycles. The zero-order valence-corrected chi connectivity index (χ0v) is 17.1. The standard InChI is InChI=1S/C22H29N3O4/c1-3-4-6-17-8-10-18(11-9-17)22(27)25(14-19-7-5-12-28-19)15-21(26)23-20-13-16(2)29-24-20/h8-11,13,19H,3-7,12,14-15H2,1-2H3,(H,23,24,26)/t19-/m0/s1. The van der Waals surface area contributed by atoms with Crippen LogP contribution in [0.15, 0.2) is 34.9 Å². The maximum atomic E-state index is 13.1. The lowest BCUT2D eigenvalue weighted by Crippen LogP contribution is -2.42. The number of nitrogens with zero attached hydrogens (tertiary/aromatic N) is 2. The second-order valence-electron chi connectivity index (χ2n) is 7.49. The van der Waals surface area contributed by atoms with Crippen molar-refractivity contribution in [1.82, 2.24) is 10.1 Å². The number of hydrogen-bond donors (Lipinski definition) is 1. The number of anilines is 1. The summed E-state index contributed by atoms with van der Waals surface area (Å²) in [5, 5.41) is 6.45. The molecular formula is C22H29N3O4. The van der Waals surface area contributed by atoms with Crippen molar-refractivity contribution in [2.45, 2.75) is 52.1 Å². The van der Waals surface area contributed by atoms with Gasteiger partial charge in [0.1, 0.15) is 12.3 Å². The summed E-state index contributed by atoms with van der Waals surface area (Å²) in [5.41, 5.74) is 1.79. The lowest BCUT2D eigenvalue weighted by molar-refractivity contribution is -0.117. The molecule has 7 heteroatoms. The third-order valence-electron chi connectivity index (χ3n) is 4.99. The van der Waals surface area contributed by atoms with E-state index in [0.29, 0.717) is 30.3 Å². The zero-order chi connectivity index (χ0) is 20.6. The Kier molecular flexibility index (Phi) is 7.41. The number of ether oxygens (including phenoxy) is 1. The van der Waals surface area contributed by atoms with Crippen LogP contribution >= 0.6 is 0 Å². The molecular weight excluding hydrogens is 370 g/mol. The van der Waals surface area contributed by atoms with E-state index in [0.717, 1.165) is 32.1 Å². The summed E-state index contributed by atoms with van der Waals surface area (Å²) in [7, 11) is 0. The maximum Gasteiger partial charge on any atom is 0.254 e. The van der Waals surface area contributed by atoms with Crippen molar-refractivity contribution in [3.8, 4) is 0 Å². The lowest BCUT2D eigenvalue weighted by Gasteiger charge is -2.25. The Morgan fingerprint density at radius 3 is 2.69 bits per heavy atom. The van der Waals surface area contributed by atoms with Crippen LogP contribution in [0, 0.1) is 6.92 Å². The molecule has 0 spiro atoms. The van der Waals surface area contributed by atoms with E-state index >= 15 is 0 Å². The lowest BCUT2D eigenvalue weighted by atomic mass is 10.1. The highest BCUT2D eigenvalue weighted by Gasteiger charge is 2.25. The van der Waals surface area contributed by atoms with Crippen molar-refractivity contribution in [3.05, 3.63) is 47.2 Å². The molecule has 1 atom stereocenters. The topological polar surface area (TPSA) is 84.7 Å². The SMILES string of the molecule is CCCCc1ccc(C(=O)N(CC(=O)Nc2cc(C)on2)C[C@@H]2CCCO2)cc1. The number of benzene rings is 1. The number of carbonyl (C=O) groups is 2. The molecule has 0 aliphatic carbocycles. The van der Waals surface area contributed by atoms with Gasteiger partial charge in [-0.05, 0) is 50.3 Å². The Morgan fingerprint density at radius 2 is 2.07 bits per heavy atom. The smallest absolute Gasteiger partial charge is 0.254 e. The maximum absolute atomic E-state index is 13.1. The summed E-state index contributed by atoms with van der Waals surface area (Å²) >= 11 is 0. The number of unbranched alkanes of at least 4 members (excludes halogenated alkanes) is 1. The molecule has 0 saturated carbocycles. The van der Waals surface area contributed by atoms with Crippen LogP contribution in [0.1, 0.15) is 54.3 Å². The number of carbonyl (C=O) groups excluding carboxylic acids is 2. The molecule has 1 aromatic heterocycles. The van der Waals surface area contributed by atoms with Gasteiger partial charge in [0.05, 0.1) is 6.10 Å². The van der Waals surface area contributed by atoms with Crippen LogP contribution in [0.25, 0.3) is 0 Å². The van der Waals surface area contributed by atoms with E-state index in [1.54, 1.807) is 17.9 Å². The van der Waals surface area contributed by atoms with Gasteiger partial charge in [0.15, 0.2) is 5.82 Å². The first kappa shape index (κ1) is 21.0. The Hall–Kier alpha value is -2.67. The Bertz CT molecular complexity index is 810. The van der Waals surface area contributed by atoms with Crippen molar-refractivity contribution in [1.29, 1.82) is 0 Å². The van der Waals surface area contributed by atoms with Crippen LogP contribution < -0.4 is 5.32 Å². The van der Waals surface area contributed by atoms with Crippen molar-refractivity contribution in [2.75, 3.05) is 25.0 Å². The average molecular weight is 399 g/mol. The molecule has 0 radical (unpaired) electrons. The molecule has 29 heavy (non-hydrogen) atoms. The molecule has 0 unspecified atom stereocenters. The quantitative estimate of drug-likeness (QED) is 0.697. The summed E-state index contributed by atoms with van der Waals surface area (Å²) < 4.78 is 10.7. The first-order chi connectivity index (χ1) is 14.0. The molecule has 1 aliphatic heterocycles. The number of rotatable bonds is 9. The van der Waals surface area contributed by atoms with Crippen LogP contribution in [0.5, 0.6) is 0 Å². The highest BCUT2D eigenvalue weighted by Crippen LogP contribution is 2.16.